The zero-order chi connectivity index (χ0) is 45.2. The van der Waals surface area contributed by atoms with Crippen molar-refractivity contribution < 1.29 is 76.9 Å². The molecule has 0 bridgehead atoms. The van der Waals surface area contributed by atoms with Crippen LogP contribution in [0.3, 0.4) is 0 Å². The molecule has 4 atom stereocenters. The van der Waals surface area contributed by atoms with Crippen molar-refractivity contribution in [3.63, 3.8) is 0 Å². The zero-order valence-corrected chi connectivity index (χ0v) is 34.2. The minimum atomic E-state index is -0.821. The lowest BCUT2D eigenvalue weighted by atomic mass is 9.90. The number of imide groups is 4. The van der Waals surface area contributed by atoms with Gasteiger partial charge in [0.25, 0.3) is 47.3 Å². The van der Waals surface area contributed by atoms with Crippen LogP contribution in [0.15, 0.2) is 0 Å². The van der Waals surface area contributed by atoms with Crippen molar-refractivity contribution in [3.05, 3.63) is 0 Å². The Morgan fingerprint density at radius 2 is 0.607 bits per heavy atom. The van der Waals surface area contributed by atoms with Gasteiger partial charge in [-0.05, 0) is 46.2 Å². The number of rotatable bonds is 8. The molecule has 6 aliphatic rings. The van der Waals surface area contributed by atoms with E-state index in [-0.39, 0.29) is 75.5 Å². The second kappa shape index (κ2) is 24.0. The van der Waals surface area contributed by atoms with Gasteiger partial charge in [-0.15, -0.1) is 20.3 Å². The van der Waals surface area contributed by atoms with Gasteiger partial charge in [0.05, 0.1) is 0 Å². The molecule has 0 radical (unpaired) electrons. The number of nitrogens with zero attached hydrogens (tertiary/aromatic N) is 4. The molecule has 6 rings (SSSR count). The molecule has 0 aromatic carbocycles. The molecule has 6 N–H and O–H groups in total. The third-order valence-corrected chi connectivity index (χ3v) is 9.76. The first kappa shape index (κ1) is 48.9. The number of hydrogen-bond acceptors (Lipinski definition) is 18. The maximum atomic E-state index is 11.7. The molecule has 26 nitrogen and oxygen atoms in total. The van der Waals surface area contributed by atoms with Crippen LogP contribution in [0.2, 0.25) is 0 Å². The van der Waals surface area contributed by atoms with Gasteiger partial charge in [0, 0.05) is 89.6 Å². The number of hydrogen-bond donors (Lipinski definition) is 6. The molecular weight excluding hydrogens is 816 g/mol. The zero-order valence-electron chi connectivity index (χ0n) is 34.2. The van der Waals surface area contributed by atoms with Gasteiger partial charge < -0.3 is 51.3 Å². The summed E-state index contributed by atoms with van der Waals surface area (Å²) in [4.78, 5) is 151. The molecule has 0 aromatic heterocycles. The monoisotopic (exact) mass is 868 g/mol. The largest absolute Gasteiger partial charge is 0.432 e. The average Bonchev–Trinajstić information content (AvgIpc) is 4.06. The van der Waals surface area contributed by atoms with Crippen LogP contribution in [0.25, 0.3) is 0 Å². The lowest BCUT2D eigenvalue weighted by molar-refractivity contribution is -0.172. The predicted molar refractivity (Wildman–Crippen MR) is 200 cm³/mol. The van der Waals surface area contributed by atoms with E-state index < -0.39 is 71.6 Å². The summed E-state index contributed by atoms with van der Waals surface area (Å²) in [5.41, 5.74) is 0. The summed E-state index contributed by atoms with van der Waals surface area (Å²) < 4.78 is 0. The first-order chi connectivity index (χ1) is 29.0. The lowest BCUT2D eigenvalue weighted by Crippen LogP contribution is -2.51. The Kier molecular flexibility index (Phi) is 19.2. The van der Waals surface area contributed by atoms with Crippen molar-refractivity contribution in [1.29, 1.82) is 0 Å². The normalized spacial score (nSPS) is 23.3. The van der Waals surface area contributed by atoms with Gasteiger partial charge in [0.2, 0.25) is 0 Å². The van der Waals surface area contributed by atoms with Gasteiger partial charge in [0.15, 0.2) is 0 Å². The highest BCUT2D eigenvalue weighted by Gasteiger charge is 2.37. The van der Waals surface area contributed by atoms with Gasteiger partial charge in [-0.25, -0.2) is 19.2 Å². The van der Waals surface area contributed by atoms with Crippen molar-refractivity contribution in [2.45, 2.75) is 120 Å². The summed E-state index contributed by atoms with van der Waals surface area (Å²) in [5, 5.41) is 18.0. The number of nitrogens with one attached hydrogen (secondary N) is 6. The minimum Gasteiger partial charge on any atom is -0.323 e. The molecule has 2 saturated carbocycles. The van der Waals surface area contributed by atoms with E-state index in [9.17, 15) is 57.5 Å². The van der Waals surface area contributed by atoms with Gasteiger partial charge in [-0.1, -0.05) is 12.8 Å². The number of carbonyl (C=O) groups is 12. The summed E-state index contributed by atoms with van der Waals surface area (Å²) in [6.07, 6.45) is 4.63. The van der Waals surface area contributed by atoms with E-state index in [4.69, 9.17) is 9.68 Å². The molecule has 61 heavy (non-hydrogen) atoms. The van der Waals surface area contributed by atoms with Crippen molar-refractivity contribution in [1.82, 2.24) is 52.2 Å². The van der Waals surface area contributed by atoms with Crippen molar-refractivity contribution in [2.75, 3.05) is 28.2 Å². The topological polar surface area (TPSA) is 327 Å². The molecular formula is C35H52N10O16. The molecule has 2 aliphatic carbocycles. The minimum absolute atomic E-state index is 0.0182. The average molecular weight is 869 g/mol. The highest BCUT2D eigenvalue weighted by molar-refractivity contribution is 6.03. The van der Waals surface area contributed by atoms with E-state index in [0.717, 1.165) is 44.9 Å². The van der Waals surface area contributed by atoms with Crippen LogP contribution in [0.5, 0.6) is 0 Å². The van der Waals surface area contributed by atoms with Gasteiger partial charge in [-0.3, -0.25) is 38.4 Å². The summed E-state index contributed by atoms with van der Waals surface area (Å²) in [7, 11) is 6.37. The Morgan fingerprint density at radius 3 is 0.869 bits per heavy atom. The van der Waals surface area contributed by atoms with Crippen LogP contribution in [-0.4, -0.2) is 144 Å². The second-order valence-corrected chi connectivity index (χ2v) is 13.8. The van der Waals surface area contributed by atoms with E-state index in [1.807, 2.05) is 14.1 Å². The van der Waals surface area contributed by atoms with E-state index >= 15 is 0 Å². The van der Waals surface area contributed by atoms with Crippen LogP contribution in [0, 0.1) is 0 Å². The Labute approximate surface area is 349 Å². The highest BCUT2D eigenvalue weighted by Crippen LogP contribution is 2.21. The molecule has 0 aromatic rings. The quantitative estimate of drug-likeness (QED) is 0.160. The number of likely N-dealkylation sites (N-methyl/N-ethyl adjacent to an activating group) is 2. The third kappa shape index (κ3) is 14.7. The lowest BCUT2D eigenvalue weighted by Gasteiger charge is -2.31. The molecule has 338 valence electrons. The number of hydroxylamine groups is 8. The maximum absolute atomic E-state index is 11.7. The molecule has 4 saturated heterocycles. The summed E-state index contributed by atoms with van der Waals surface area (Å²) in [5.74, 6) is -3.79. The summed E-state index contributed by atoms with van der Waals surface area (Å²) in [6, 6.07) is 0.364. The van der Waals surface area contributed by atoms with Gasteiger partial charge >= 0.3 is 24.4 Å². The Bertz CT molecular complexity index is 1600. The fraction of sp³-hybridized carbons (Fsp3) is 0.657. The maximum Gasteiger partial charge on any atom is 0.432 e. The summed E-state index contributed by atoms with van der Waals surface area (Å²) in [6.45, 7) is 0. The van der Waals surface area contributed by atoms with E-state index in [1.165, 1.54) is 14.1 Å². The Balaban J connectivity index is 0.000000222. The second-order valence-electron chi connectivity index (χ2n) is 13.8. The SMILES string of the molecule is CNC(=O)ON1C(=O)CCC1=O.CNC(=O)ON1C(=O)CCC1=O.CNC1CCCC1NC(=O)ON1C(=O)CCC1=O.CNC1CCCCC1NC(=O)ON1C(=O)CCC1=O. The fourth-order valence-corrected chi connectivity index (χ4v) is 6.54. The van der Waals surface area contributed by atoms with E-state index in [0.29, 0.717) is 20.3 Å². The van der Waals surface area contributed by atoms with Crippen LogP contribution in [0.4, 0.5) is 19.2 Å². The van der Waals surface area contributed by atoms with Crippen molar-refractivity contribution in [2.24, 2.45) is 0 Å². The first-order valence-corrected chi connectivity index (χ1v) is 19.6. The van der Waals surface area contributed by atoms with Crippen LogP contribution in [-0.2, 0) is 57.7 Å². The molecule has 26 heteroatoms. The predicted octanol–water partition coefficient (Wildman–Crippen LogP) is -0.963. The number of amides is 12. The summed E-state index contributed by atoms with van der Waals surface area (Å²) >= 11 is 0. The Morgan fingerprint density at radius 1 is 0.377 bits per heavy atom. The van der Waals surface area contributed by atoms with Gasteiger partial charge in [-0.2, -0.15) is 0 Å². The molecule has 4 unspecified atom stereocenters. The van der Waals surface area contributed by atoms with Crippen LogP contribution < -0.4 is 31.9 Å². The molecule has 4 aliphatic heterocycles. The first-order valence-electron chi connectivity index (χ1n) is 19.6. The molecule has 12 amide bonds. The molecule has 6 fully saturated rings. The van der Waals surface area contributed by atoms with Crippen molar-refractivity contribution >= 4 is 71.6 Å². The van der Waals surface area contributed by atoms with Crippen LogP contribution >= 0.6 is 0 Å². The smallest absolute Gasteiger partial charge is 0.323 e. The van der Waals surface area contributed by atoms with Crippen molar-refractivity contribution in [3.8, 4) is 0 Å². The fourth-order valence-electron chi connectivity index (χ4n) is 6.54. The van der Waals surface area contributed by atoms with E-state index in [1.54, 1.807) is 0 Å². The molecule has 0 spiro atoms. The van der Waals surface area contributed by atoms with Crippen LogP contribution in [0.1, 0.15) is 96.3 Å². The standard InChI is InChI=1S/C12H19N3O4.C11H17N3O4.2C6H8N2O4/c1-13-8-4-2-3-5-9(8)14-12(18)19-15-10(16)6-7-11(15)17;1-12-7-3-2-4-8(7)13-11(17)18-14-9(15)5-6-10(14)16;2*1-7-6(11)12-8-4(9)2-3-5(8)10/h8-9,13H,2-7H2,1H3,(H,14,18);7-8,12H,2-6H2,1H3,(H,13,17);2*2-3H2,1H3,(H,7,11). The third-order valence-electron chi connectivity index (χ3n) is 9.76. The number of carbonyl (C=O) groups excluding carboxylic acids is 12. The van der Waals surface area contributed by atoms with E-state index in [2.05, 4.69) is 41.6 Å². The van der Waals surface area contributed by atoms with Gasteiger partial charge in [0.1, 0.15) is 0 Å². The molecule has 4 heterocycles. The highest BCUT2D eigenvalue weighted by atomic mass is 16.7. The Hall–Kier alpha value is -6.44.